The lowest BCUT2D eigenvalue weighted by Crippen LogP contribution is -2.62. The van der Waals surface area contributed by atoms with Crippen LogP contribution in [0.25, 0.3) is 0 Å². The molecule has 5 rings (SSSR count). The fraction of sp³-hybridized carbons (Fsp3) is 0.395. The second-order valence-corrected chi connectivity index (χ2v) is 14.0. The molecule has 10 nitrogen and oxygen atoms in total. The molecule has 1 N–H and O–H groups in total. The van der Waals surface area contributed by atoms with E-state index < -0.39 is 54.2 Å². The number of carbonyl (C=O) groups excluding carboxylic acids is 2. The molecule has 4 aromatic rings. The Kier molecular flexibility index (Phi) is 15.0. The summed E-state index contributed by atoms with van der Waals surface area (Å²) in [6.07, 6.45) is -4.28. The molecule has 0 bridgehead atoms. The van der Waals surface area contributed by atoms with Gasteiger partial charge < -0.3 is 38.5 Å². The van der Waals surface area contributed by atoms with Crippen molar-refractivity contribution in [3.63, 3.8) is 0 Å². The van der Waals surface area contributed by atoms with Gasteiger partial charge in [0.15, 0.2) is 0 Å². The van der Waals surface area contributed by atoms with E-state index in [0.717, 1.165) is 22.3 Å². The van der Waals surface area contributed by atoms with Crippen LogP contribution >= 0.6 is 0 Å². The summed E-state index contributed by atoms with van der Waals surface area (Å²) in [7, 11) is 1.27. The molecule has 1 heterocycles. The van der Waals surface area contributed by atoms with Gasteiger partial charge in [-0.2, -0.15) is 0 Å². The van der Waals surface area contributed by atoms with Crippen molar-refractivity contribution in [2.75, 3.05) is 13.7 Å². The number of hydrogen-bond donors (Lipinski definition) is 1. The maximum absolute atomic E-state index is 13.2. The van der Waals surface area contributed by atoms with Gasteiger partial charge in [-0.05, 0) is 43.0 Å². The van der Waals surface area contributed by atoms with Crippen LogP contribution in [0, 0.1) is 0 Å². The first-order valence-corrected chi connectivity index (χ1v) is 18.0. The van der Waals surface area contributed by atoms with E-state index in [1.165, 1.54) is 7.11 Å². The van der Waals surface area contributed by atoms with Gasteiger partial charge in [0.1, 0.15) is 36.1 Å². The van der Waals surface area contributed by atoms with Crippen LogP contribution in [-0.2, 0) is 64.4 Å². The number of esters is 1. The van der Waals surface area contributed by atoms with E-state index in [4.69, 9.17) is 33.2 Å². The van der Waals surface area contributed by atoms with Crippen molar-refractivity contribution in [2.45, 2.75) is 95.8 Å². The van der Waals surface area contributed by atoms with Crippen LogP contribution in [0.3, 0.4) is 0 Å². The summed E-state index contributed by atoms with van der Waals surface area (Å²) < 4.78 is 44.0. The molecule has 0 radical (unpaired) electrons. The highest BCUT2D eigenvalue weighted by molar-refractivity contribution is 5.81. The predicted octanol–water partition coefficient (Wildman–Crippen LogP) is 7.18. The normalized spacial score (nSPS) is 20.6. The van der Waals surface area contributed by atoms with Crippen LogP contribution in [0.5, 0.6) is 0 Å². The number of rotatable bonds is 17. The molecule has 1 aliphatic rings. The molecule has 0 aliphatic carbocycles. The number of amides is 1. The monoisotopic (exact) mass is 725 g/mol. The molecule has 4 aromatic carbocycles. The Morgan fingerprint density at radius 1 is 0.623 bits per heavy atom. The first-order valence-electron chi connectivity index (χ1n) is 18.0. The van der Waals surface area contributed by atoms with E-state index in [2.05, 4.69) is 5.32 Å². The zero-order valence-corrected chi connectivity index (χ0v) is 30.9. The Morgan fingerprint density at radius 3 is 1.47 bits per heavy atom. The minimum Gasteiger partial charge on any atom is -0.467 e. The summed E-state index contributed by atoms with van der Waals surface area (Å²) >= 11 is 0. The van der Waals surface area contributed by atoms with Crippen LogP contribution in [-0.4, -0.2) is 67.9 Å². The lowest BCUT2D eigenvalue weighted by molar-refractivity contribution is -0.274. The topological polar surface area (TPSA) is 111 Å². The Labute approximate surface area is 312 Å². The van der Waals surface area contributed by atoms with E-state index in [0.29, 0.717) is 6.61 Å². The summed E-state index contributed by atoms with van der Waals surface area (Å²) in [5.74, 6) is -0.651. The number of methoxy groups -OCH3 is 1. The molecule has 0 aromatic heterocycles. The number of ether oxygens (including phenoxy) is 7. The van der Waals surface area contributed by atoms with Crippen molar-refractivity contribution in [1.82, 2.24) is 5.32 Å². The van der Waals surface area contributed by atoms with Crippen LogP contribution in [0.2, 0.25) is 0 Å². The zero-order valence-electron chi connectivity index (χ0n) is 30.9. The van der Waals surface area contributed by atoms with Crippen molar-refractivity contribution in [3.05, 3.63) is 144 Å². The van der Waals surface area contributed by atoms with Crippen molar-refractivity contribution in [1.29, 1.82) is 0 Å². The molecule has 0 spiro atoms. The minimum absolute atomic E-state index is 0.00282. The smallest absolute Gasteiger partial charge is 0.408 e. The SMILES string of the molecule is COC(=O)[C@@H](C[C@@H]1O[C@H](COCc2ccccc2)[C@H](OCc2ccccc2)[C@H](OCc2ccccc2)[C@H]1OCc1ccccc1)NC(=O)OC(C)(C)C. The molecule has 1 amide bonds. The molecule has 0 unspecified atom stereocenters. The van der Waals surface area contributed by atoms with Gasteiger partial charge in [-0.1, -0.05) is 121 Å². The Hall–Kier alpha value is -4.58. The van der Waals surface area contributed by atoms with Gasteiger partial charge >= 0.3 is 12.1 Å². The van der Waals surface area contributed by atoms with Gasteiger partial charge in [-0.25, -0.2) is 9.59 Å². The first kappa shape index (κ1) is 39.6. The highest BCUT2D eigenvalue weighted by Crippen LogP contribution is 2.33. The number of alkyl carbamates (subject to hydrolysis) is 1. The molecule has 6 atom stereocenters. The lowest BCUT2D eigenvalue weighted by atomic mass is 9.90. The van der Waals surface area contributed by atoms with E-state index in [1.807, 2.05) is 121 Å². The molecule has 0 saturated carbocycles. The summed E-state index contributed by atoms with van der Waals surface area (Å²) in [6, 6.07) is 38.3. The zero-order chi connectivity index (χ0) is 37.5. The third-order valence-corrected chi connectivity index (χ3v) is 8.62. The lowest BCUT2D eigenvalue weighted by Gasteiger charge is -2.47. The average molecular weight is 726 g/mol. The van der Waals surface area contributed by atoms with Crippen molar-refractivity contribution < 1.29 is 42.7 Å². The Morgan fingerprint density at radius 2 is 1.04 bits per heavy atom. The van der Waals surface area contributed by atoms with Crippen molar-refractivity contribution >= 4 is 12.1 Å². The highest BCUT2D eigenvalue weighted by atomic mass is 16.6. The van der Waals surface area contributed by atoms with Gasteiger partial charge in [0.2, 0.25) is 0 Å². The van der Waals surface area contributed by atoms with E-state index in [1.54, 1.807) is 20.8 Å². The maximum atomic E-state index is 13.2. The largest absolute Gasteiger partial charge is 0.467 e. The van der Waals surface area contributed by atoms with Crippen LogP contribution in [0.15, 0.2) is 121 Å². The minimum atomic E-state index is -1.12. The molecular weight excluding hydrogens is 674 g/mol. The maximum Gasteiger partial charge on any atom is 0.408 e. The number of nitrogens with one attached hydrogen (secondary N) is 1. The fourth-order valence-electron chi connectivity index (χ4n) is 6.11. The number of hydrogen-bond acceptors (Lipinski definition) is 9. The number of benzene rings is 4. The fourth-order valence-corrected chi connectivity index (χ4v) is 6.11. The van der Waals surface area contributed by atoms with Gasteiger partial charge in [0, 0.05) is 6.42 Å². The van der Waals surface area contributed by atoms with Gasteiger partial charge in [-0.15, -0.1) is 0 Å². The molecular formula is C43H51NO9. The first-order chi connectivity index (χ1) is 25.7. The summed E-state index contributed by atoms with van der Waals surface area (Å²) in [6.45, 7) is 6.55. The second-order valence-electron chi connectivity index (χ2n) is 14.0. The average Bonchev–Trinajstić information content (AvgIpc) is 3.16. The molecule has 282 valence electrons. The Bertz CT molecular complexity index is 1650. The molecule has 1 saturated heterocycles. The highest BCUT2D eigenvalue weighted by Gasteiger charge is 2.49. The number of carbonyl (C=O) groups is 2. The van der Waals surface area contributed by atoms with Crippen LogP contribution in [0.1, 0.15) is 49.4 Å². The van der Waals surface area contributed by atoms with E-state index >= 15 is 0 Å². The van der Waals surface area contributed by atoms with Crippen molar-refractivity contribution in [2.24, 2.45) is 0 Å². The summed E-state index contributed by atoms with van der Waals surface area (Å²) in [4.78, 5) is 26.2. The Balaban J connectivity index is 1.50. The summed E-state index contributed by atoms with van der Waals surface area (Å²) in [5, 5.41) is 2.70. The van der Waals surface area contributed by atoms with E-state index in [9.17, 15) is 9.59 Å². The van der Waals surface area contributed by atoms with Crippen LogP contribution < -0.4 is 5.32 Å². The molecule has 10 heteroatoms. The molecule has 53 heavy (non-hydrogen) atoms. The molecule has 1 aliphatic heterocycles. The van der Waals surface area contributed by atoms with Gasteiger partial charge in [-0.3, -0.25) is 0 Å². The molecule has 1 fully saturated rings. The van der Waals surface area contributed by atoms with Gasteiger partial charge in [0.05, 0.1) is 46.2 Å². The van der Waals surface area contributed by atoms with Crippen molar-refractivity contribution in [3.8, 4) is 0 Å². The summed E-state index contributed by atoms with van der Waals surface area (Å²) in [5.41, 5.74) is 3.12. The third kappa shape index (κ3) is 12.8. The van der Waals surface area contributed by atoms with Crippen LogP contribution in [0.4, 0.5) is 4.79 Å². The predicted molar refractivity (Wildman–Crippen MR) is 200 cm³/mol. The van der Waals surface area contributed by atoms with E-state index in [-0.39, 0.29) is 32.8 Å². The van der Waals surface area contributed by atoms with Gasteiger partial charge in [0.25, 0.3) is 0 Å². The quantitative estimate of drug-likeness (QED) is 0.113. The second kappa shape index (κ2) is 20.0. The third-order valence-electron chi connectivity index (χ3n) is 8.62. The standard InChI is InChI=1S/C43H51NO9/c1-43(2,3)53-42(46)44-35(41(45)47-4)25-36-38(49-27-32-19-11-6-12-20-32)40(51-29-34-23-15-8-16-24-34)39(50-28-33-21-13-7-14-22-33)37(52-36)30-48-26-31-17-9-5-10-18-31/h5-24,35-40H,25-30H2,1-4H3,(H,44,46)/t35-,36+,37-,38+,39+,40-/m1/s1.